The smallest absolute Gasteiger partial charge is 0.339 e. The second-order valence-electron chi connectivity index (χ2n) is 3.41. The minimum Gasteiger partial charge on any atom is -0.462 e. The van der Waals surface area contributed by atoms with Crippen LogP contribution in [0.1, 0.15) is 23.0 Å². The molecule has 4 heteroatoms. The Labute approximate surface area is 82.1 Å². The molecular weight excluding hydrogens is 182 g/mol. The van der Waals surface area contributed by atoms with E-state index in [2.05, 4.69) is 0 Å². The molecule has 14 heavy (non-hydrogen) atoms. The zero-order valence-electron chi connectivity index (χ0n) is 8.06. The van der Waals surface area contributed by atoms with Gasteiger partial charge in [0, 0.05) is 24.9 Å². The van der Waals surface area contributed by atoms with Crippen molar-refractivity contribution >= 4 is 5.97 Å². The first-order valence-corrected chi connectivity index (χ1v) is 4.75. The van der Waals surface area contributed by atoms with Gasteiger partial charge in [-0.25, -0.2) is 4.79 Å². The third-order valence-corrected chi connectivity index (χ3v) is 2.41. The lowest BCUT2D eigenvalue weighted by Crippen LogP contribution is -2.08. The lowest BCUT2D eigenvalue weighted by Gasteiger charge is -2.01. The summed E-state index contributed by atoms with van der Waals surface area (Å²) in [6.07, 6.45) is 2.00. The summed E-state index contributed by atoms with van der Waals surface area (Å²) in [6, 6.07) is 1.75. The fraction of sp³-hybridized carbons (Fsp3) is 0.500. The molecule has 4 nitrogen and oxygen atoms in total. The number of carbonyl (C=O) groups excluding carboxylic acids is 1. The zero-order chi connectivity index (χ0) is 10.1. The summed E-state index contributed by atoms with van der Waals surface area (Å²) in [6.45, 7) is 2.74. The molecule has 0 aromatic carbocycles. The van der Waals surface area contributed by atoms with Gasteiger partial charge < -0.3 is 14.4 Å². The number of hydrogen-bond acceptors (Lipinski definition) is 3. The second-order valence-corrected chi connectivity index (χ2v) is 3.41. The van der Waals surface area contributed by atoms with Crippen LogP contribution in [0.25, 0.3) is 0 Å². The zero-order valence-corrected chi connectivity index (χ0v) is 8.06. The minimum atomic E-state index is -0.362. The van der Waals surface area contributed by atoms with E-state index in [1.807, 2.05) is 10.8 Å². The summed E-state index contributed by atoms with van der Waals surface area (Å²) in [7, 11) is 0. The van der Waals surface area contributed by atoms with Crippen molar-refractivity contribution in [3.63, 3.8) is 0 Å². The van der Waals surface area contributed by atoms with E-state index in [-0.39, 0.29) is 12.1 Å². The van der Waals surface area contributed by atoms with Gasteiger partial charge in [-0.1, -0.05) is 0 Å². The maximum Gasteiger partial charge on any atom is 0.339 e. The molecule has 1 aliphatic rings. The summed E-state index contributed by atoms with van der Waals surface area (Å²) in [5.74, 6) is -0.296. The van der Waals surface area contributed by atoms with Gasteiger partial charge in [0.25, 0.3) is 0 Å². The Morgan fingerprint density at radius 1 is 1.79 bits per heavy atom. The molecule has 1 N–H and O–H groups in total. The molecule has 1 atom stereocenters. The van der Waals surface area contributed by atoms with Crippen LogP contribution >= 0.6 is 0 Å². The lowest BCUT2D eigenvalue weighted by atomic mass is 10.2. The molecule has 0 aliphatic carbocycles. The van der Waals surface area contributed by atoms with Crippen LogP contribution in [0.4, 0.5) is 0 Å². The average Bonchev–Trinajstić information content (AvgIpc) is 2.62. The number of fused-ring (bicyclic) bond motifs is 1. The number of nitrogens with zero attached hydrogens (tertiary/aromatic N) is 1. The molecule has 2 heterocycles. The summed E-state index contributed by atoms with van der Waals surface area (Å²) >= 11 is 0. The third-order valence-electron chi connectivity index (χ3n) is 2.41. The molecule has 1 aromatic rings. The Kier molecular flexibility index (Phi) is 2.29. The van der Waals surface area contributed by atoms with E-state index in [0.29, 0.717) is 25.1 Å². The molecule has 0 bridgehead atoms. The van der Waals surface area contributed by atoms with E-state index in [1.54, 1.807) is 13.0 Å². The van der Waals surface area contributed by atoms with Crippen molar-refractivity contribution in [1.82, 2.24) is 4.57 Å². The fourth-order valence-electron chi connectivity index (χ4n) is 1.81. The maximum absolute atomic E-state index is 11.5. The van der Waals surface area contributed by atoms with Crippen LogP contribution in [0, 0.1) is 0 Å². The summed E-state index contributed by atoms with van der Waals surface area (Å²) in [5.41, 5.74) is 1.47. The number of hydrogen-bond donors (Lipinski definition) is 1. The Morgan fingerprint density at radius 2 is 2.57 bits per heavy atom. The van der Waals surface area contributed by atoms with Gasteiger partial charge in [-0.3, -0.25) is 0 Å². The van der Waals surface area contributed by atoms with Gasteiger partial charge >= 0.3 is 5.97 Å². The predicted octanol–water partition coefficient (Wildman–Crippen LogP) is 0.582. The molecule has 0 amide bonds. The van der Waals surface area contributed by atoms with Crippen LogP contribution in [-0.2, 0) is 17.7 Å². The van der Waals surface area contributed by atoms with Crippen molar-refractivity contribution in [2.45, 2.75) is 26.0 Å². The molecule has 2 rings (SSSR count). The van der Waals surface area contributed by atoms with Gasteiger partial charge in [-0.2, -0.15) is 0 Å². The number of esters is 1. The quantitative estimate of drug-likeness (QED) is 0.702. The van der Waals surface area contributed by atoms with Crippen LogP contribution < -0.4 is 0 Å². The molecular formula is C10H13NO3. The molecule has 76 valence electrons. The van der Waals surface area contributed by atoms with E-state index in [9.17, 15) is 9.90 Å². The van der Waals surface area contributed by atoms with E-state index < -0.39 is 0 Å². The van der Waals surface area contributed by atoms with Gasteiger partial charge in [-0.15, -0.1) is 0 Å². The summed E-state index contributed by atoms with van der Waals surface area (Å²) in [5, 5.41) is 9.40. The van der Waals surface area contributed by atoms with Crippen LogP contribution in [-0.4, -0.2) is 28.4 Å². The predicted molar refractivity (Wildman–Crippen MR) is 50.1 cm³/mol. The second kappa shape index (κ2) is 3.46. The average molecular weight is 195 g/mol. The number of rotatable bonds is 2. The first kappa shape index (κ1) is 9.27. The number of aliphatic hydroxyl groups excluding tert-OH is 1. The van der Waals surface area contributed by atoms with Gasteiger partial charge in [0.1, 0.15) is 0 Å². The first-order chi connectivity index (χ1) is 6.72. The van der Waals surface area contributed by atoms with Crippen LogP contribution in [0.15, 0.2) is 12.3 Å². The highest BCUT2D eigenvalue weighted by molar-refractivity contribution is 5.91. The van der Waals surface area contributed by atoms with Gasteiger partial charge in [0.05, 0.1) is 18.3 Å². The fourth-order valence-corrected chi connectivity index (χ4v) is 1.81. The highest BCUT2D eigenvalue weighted by Gasteiger charge is 2.25. The van der Waals surface area contributed by atoms with Gasteiger partial charge in [0.2, 0.25) is 0 Å². The number of carbonyl (C=O) groups is 1. The largest absolute Gasteiger partial charge is 0.462 e. The number of ether oxygens (including phenoxy) is 1. The Bertz CT molecular complexity index is 356. The molecule has 1 aliphatic heterocycles. The lowest BCUT2D eigenvalue weighted by molar-refractivity contribution is 0.0525. The van der Waals surface area contributed by atoms with Crippen molar-refractivity contribution in [2.75, 3.05) is 6.61 Å². The van der Waals surface area contributed by atoms with Crippen molar-refractivity contribution in [3.05, 3.63) is 23.5 Å². The first-order valence-electron chi connectivity index (χ1n) is 4.75. The van der Waals surface area contributed by atoms with Crippen molar-refractivity contribution in [1.29, 1.82) is 0 Å². The Hall–Kier alpha value is -1.29. The molecule has 1 aromatic heterocycles. The van der Waals surface area contributed by atoms with Crippen molar-refractivity contribution in [2.24, 2.45) is 0 Å². The minimum absolute atomic E-state index is 0.296. The monoisotopic (exact) mass is 195 g/mol. The van der Waals surface area contributed by atoms with E-state index in [1.165, 1.54) is 0 Å². The molecule has 0 radical (unpaired) electrons. The maximum atomic E-state index is 11.5. The highest BCUT2D eigenvalue weighted by Crippen LogP contribution is 2.21. The normalized spacial score (nSPS) is 19.4. The van der Waals surface area contributed by atoms with Gasteiger partial charge in [-0.05, 0) is 13.0 Å². The highest BCUT2D eigenvalue weighted by atomic mass is 16.5. The van der Waals surface area contributed by atoms with Crippen LogP contribution in [0.3, 0.4) is 0 Å². The third kappa shape index (κ3) is 1.42. The molecule has 0 saturated heterocycles. The summed E-state index contributed by atoms with van der Waals surface area (Å²) in [4.78, 5) is 11.5. The molecule has 0 spiro atoms. The topological polar surface area (TPSA) is 51.5 Å². The standard InChI is InChI=1S/C10H13NO3/c1-2-14-10(13)8-3-4-11-6-7(12)5-9(8)11/h3-4,7,12H,2,5-6H2,1H3. The van der Waals surface area contributed by atoms with Crippen LogP contribution in [0.2, 0.25) is 0 Å². The van der Waals surface area contributed by atoms with Crippen LogP contribution in [0.5, 0.6) is 0 Å². The van der Waals surface area contributed by atoms with E-state index in [0.717, 1.165) is 5.69 Å². The van der Waals surface area contributed by atoms with Crippen molar-refractivity contribution in [3.8, 4) is 0 Å². The Balaban J connectivity index is 2.25. The Morgan fingerprint density at radius 3 is 3.29 bits per heavy atom. The number of aliphatic hydroxyl groups is 1. The molecule has 1 unspecified atom stereocenters. The number of aromatic nitrogens is 1. The summed E-state index contributed by atoms with van der Waals surface area (Å²) < 4.78 is 6.81. The molecule has 0 saturated carbocycles. The van der Waals surface area contributed by atoms with E-state index in [4.69, 9.17) is 4.74 Å². The van der Waals surface area contributed by atoms with E-state index >= 15 is 0 Å². The van der Waals surface area contributed by atoms with Crippen molar-refractivity contribution < 1.29 is 14.6 Å². The molecule has 0 fully saturated rings. The SMILES string of the molecule is CCOC(=O)c1ccn2c1CC(O)C2. The van der Waals surface area contributed by atoms with Gasteiger partial charge in [0.15, 0.2) is 0 Å².